The molecule has 0 spiro atoms. The average Bonchev–Trinajstić information content (AvgIpc) is 2.42. The van der Waals surface area contributed by atoms with Gasteiger partial charge in [0.15, 0.2) is 0 Å². The number of aliphatic carboxylic acids is 1. The summed E-state index contributed by atoms with van der Waals surface area (Å²) < 4.78 is 5.11. The molecule has 0 atom stereocenters. The number of ether oxygens (including phenoxy) is 1. The molecule has 0 bridgehead atoms. The third-order valence-electron chi connectivity index (χ3n) is 2.65. The Balaban J connectivity index is 2.62. The lowest BCUT2D eigenvalue weighted by Gasteiger charge is -2.24. The molecule has 1 aromatic rings. The van der Waals surface area contributed by atoms with Gasteiger partial charge in [-0.15, -0.1) is 11.8 Å². The molecule has 0 aliphatic heterocycles. The van der Waals surface area contributed by atoms with E-state index >= 15 is 0 Å². The standard InChI is InChI=1S/C14H19NO4S/c1-10(2)15(8-14(17)18)13(16)9-20-12-6-4-5-11(7-12)19-3/h4-7,10H,8-9H2,1-3H3,(H,17,18). The first-order chi connectivity index (χ1) is 9.43. The summed E-state index contributed by atoms with van der Waals surface area (Å²) in [5, 5.41) is 8.82. The predicted molar refractivity (Wildman–Crippen MR) is 78.2 cm³/mol. The molecule has 1 amide bonds. The molecule has 1 aromatic carbocycles. The Bertz CT molecular complexity index is 476. The lowest BCUT2D eigenvalue weighted by atomic mass is 10.3. The summed E-state index contributed by atoms with van der Waals surface area (Å²) in [7, 11) is 1.59. The Labute approximate surface area is 122 Å². The topological polar surface area (TPSA) is 66.8 Å². The van der Waals surface area contributed by atoms with Crippen molar-refractivity contribution in [1.82, 2.24) is 4.90 Å². The Morgan fingerprint density at radius 1 is 1.40 bits per heavy atom. The summed E-state index contributed by atoms with van der Waals surface area (Å²) >= 11 is 1.37. The Morgan fingerprint density at radius 3 is 2.65 bits per heavy atom. The highest BCUT2D eigenvalue weighted by atomic mass is 32.2. The number of hydrogen-bond acceptors (Lipinski definition) is 4. The number of hydrogen-bond donors (Lipinski definition) is 1. The van der Waals surface area contributed by atoms with Crippen molar-refractivity contribution in [3.8, 4) is 5.75 Å². The van der Waals surface area contributed by atoms with Crippen LogP contribution in [0.2, 0.25) is 0 Å². The second-order valence-electron chi connectivity index (χ2n) is 4.48. The van der Waals surface area contributed by atoms with E-state index in [1.54, 1.807) is 21.0 Å². The zero-order valence-corrected chi connectivity index (χ0v) is 12.6. The van der Waals surface area contributed by atoms with Crippen LogP contribution >= 0.6 is 11.8 Å². The molecule has 0 unspecified atom stereocenters. The Hall–Kier alpha value is -1.69. The highest BCUT2D eigenvalue weighted by molar-refractivity contribution is 8.00. The van der Waals surface area contributed by atoms with E-state index in [2.05, 4.69) is 0 Å². The molecule has 0 saturated heterocycles. The second-order valence-corrected chi connectivity index (χ2v) is 5.53. The molecule has 1 rings (SSSR count). The highest BCUT2D eigenvalue weighted by Crippen LogP contribution is 2.23. The summed E-state index contributed by atoms with van der Waals surface area (Å²) in [6.45, 7) is 3.34. The Morgan fingerprint density at radius 2 is 2.10 bits per heavy atom. The van der Waals surface area contributed by atoms with Crippen molar-refractivity contribution in [1.29, 1.82) is 0 Å². The summed E-state index contributed by atoms with van der Waals surface area (Å²) in [5.74, 6) is -0.249. The van der Waals surface area contributed by atoms with Gasteiger partial charge in [-0.05, 0) is 32.0 Å². The van der Waals surface area contributed by atoms with Crippen LogP contribution < -0.4 is 4.74 Å². The number of carboxylic acid groups (broad SMARTS) is 1. The van der Waals surface area contributed by atoms with E-state index in [4.69, 9.17) is 9.84 Å². The average molecular weight is 297 g/mol. The van der Waals surface area contributed by atoms with Crippen LogP contribution in [0.4, 0.5) is 0 Å². The molecule has 5 nitrogen and oxygen atoms in total. The van der Waals surface area contributed by atoms with Gasteiger partial charge in [0.05, 0.1) is 12.9 Å². The summed E-state index contributed by atoms with van der Waals surface area (Å²) in [6.07, 6.45) is 0. The molecule has 1 N–H and O–H groups in total. The third-order valence-corrected chi connectivity index (χ3v) is 3.63. The van der Waals surface area contributed by atoms with Crippen LogP contribution in [-0.4, -0.2) is 47.3 Å². The third kappa shape index (κ3) is 5.13. The number of amides is 1. The minimum atomic E-state index is -1.00. The van der Waals surface area contributed by atoms with Crippen molar-refractivity contribution in [3.63, 3.8) is 0 Å². The summed E-state index contributed by atoms with van der Waals surface area (Å²) in [6, 6.07) is 7.27. The van der Waals surface area contributed by atoms with Gasteiger partial charge in [-0.25, -0.2) is 0 Å². The van der Waals surface area contributed by atoms with Gasteiger partial charge >= 0.3 is 5.97 Å². The van der Waals surface area contributed by atoms with Crippen LogP contribution in [-0.2, 0) is 9.59 Å². The molecule has 0 aromatic heterocycles. The monoisotopic (exact) mass is 297 g/mol. The minimum Gasteiger partial charge on any atom is -0.497 e. The minimum absolute atomic E-state index is 0.135. The van der Waals surface area contributed by atoms with Crippen LogP contribution in [0.15, 0.2) is 29.2 Å². The number of carbonyl (C=O) groups excluding carboxylic acids is 1. The van der Waals surface area contributed by atoms with Crippen LogP contribution in [0, 0.1) is 0 Å². The van der Waals surface area contributed by atoms with Crippen molar-refractivity contribution in [3.05, 3.63) is 24.3 Å². The van der Waals surface area contributed by atoms with Crippen molar-refractivity contribution < 1.29 is 19.4 Å². The molecular formula is C14H19NO4S. The largest absolute Gasteiger partial charge is 0.497 e. The maximum absolute atomic E-state index is 12.1. The first-order valence-electron chi connectivity index (χ1n) is 6.22. The second kappa shape index (κ2) is 7.79. The first kappa shape index (κ1) is 16.4. The van der Waals surface area contributed by atoms with Crippen LogP contribution in [0.1, 0.15) is 13.8 Å². The van der Waals surface area contributed by atoms with E-state index in [9.17, 15) is 9.59 Å². The van der Waals surface area contributed by atoms with Gasteiger partial charge in [-0.2, -0.15) is 0 Å². The van der Waals surface area contributed by atoms with E-state index < -0.39 is 5.97 Å². The lowest BCUT2D eigenvalue weighted by Crippen LogP contribution is -2.41. The quantitative estimate of drug-likeness (QED) is 0.781. The number of carboxylic acids is 1. The van der Waals surface area contributed by atoms with Gasteiger partial charge in [0.2, 0.25) is 5.91 Å². The van der Waals surface area contributed by atoms with E-state index in [0.29, 0.717) is 0 Å². The zero-order chi connectivity index (χ0) is 15.1. The predicted octanol–water partition coefficient (Wildman–Crippen LogP) is 2.11. The molecule has 6 heteroatoms. The van der Waals surface area contributed by atoms with Crippen LogP contribution in [0.5, 0.6) is 5.75 Å². The normalized spacial score (nSPS) is 10.4. The Kier molecular flexibility index (Phi) is 6.38. The maximum Gasteiger partial charge on any atom is 0.323 e. The summed E-state index contributed by atoms with van der Waals surface area (Å²) in [4.78, 5) is 25.1. The van der Waals surface area contributed by atoms with Gasteiger partial charge in [-0.1, -0.05) is 6.07 Å². The molecular weight excluding hydrogens is 278 g/mol. The fraction of sp³-hybridized carbons (Fsp3) is 0.429. The number of rotatable bonds is 7. The molecule has 0 aliphatic rings. The van der Waals surface area contributed by atoms with Crippen LogP contribution in [0.25, 0.3) is 0 Å². The number of methoxy groups -OCH3 is 1. The zero-order valence-electron chi connectivity index (χ0n) is 11.8. The number of nitrogens with zero attached hydrogens (tertiary/aromatic N) is 1. The SMILES string of the molecule is COc1cccc(SCC(=O)N(CC(=O)O)C(C)C)c1. The number of carbonyl (C=O) groups is 2. The number of benzene rings is 1. The van der Waals surface area contributed by atoms with Gasteiger partial charge in [-0.3, -0.25) is 9.59 Å². The van der Waals surface area contributed by atoms with E-state index in [1.165, 1.54) is 16.7 Å². The van der Waals surface area contributed by atoms with Crippen LogP contribution in [0.3, 0.4) is 0 Å². The molecule has 0 fully saturated rings. The molecule has 20 heavy (non-hydrogen) atoms. The molecule has 110 valence electrons. The van der Waals surface area contributed by atoms with Crippen molar-refractivity contribution >= 4 is 23.6 Å². The molecule has 0 heterocycles. The molecule has 0 aliphatic carbocycles. The van der Waals surface area contributed by atoms with Gasteiger partial charge in [0.1, 0.15) is 12.3 Å². The van der Waals surface area contributed by atoms with Crippen molar-refractivity contribution in [2.75, 3.05) is 19.4 Å². The van der Waals surface area contributed by atoms with E-state index in [-0.39, 0.29) is 24.2 Å². The van der Waals surface area contributed by atoms with Gasteiger partial charge < -0.3 is 14.7 Å². The molecule has 0 radical (unpaired) electrons. The maximum atomic E-state index is 12.1. The van der Waals surface area contributed by atoms with Crippen molar-refractivity contribution in [2.45, 2.75) is 24.8 Å². The highest BCUT2D eigenvalue weighted by Gasteiger charge is 2.19. The smallest absolute Gasteiger partial charge is 0.323 e. The first-order valence-corrected chi connectivity index (χ1v) is 7.20. The van der Waals surface area contributed by atoms with Gasteiger partial charge in [0, 0.05) is 10.9 Å². The molecule has 0 saturated carbocycles. The van der Waals surface area contributed by atoms with Gasteiger partial charge in [0.25, 0.3) is 0 Å². The van der Waals surface area contributed by atoms with E-state index in [0.717, 1.165) is 10.6 Å². The fourth-order valence-electron chi connectivity index (χ4n) is 1.62. The lowest BCUT2D eigenvalue weighted by molar-refractivity contribution is -0.144. The van der Waals surface area contributed by atoms with E-state index in [1.807, 2.05) is 24.3 Å². The summed E-state index contributed by atoms with van der Waals surface area (Å²) in [5.41, 5.74) is 0. The van der Waals surface area contributed by atoms with Crippen molar-refractivity contribution in [2.24, 2.45) is 0 Å². The fourth-order valence-corrected chi connectivity index (χ4v) is 2.45. The number of thioether (sulfide) groups is 1.